The van der Waals surface area contributed by atoms with Crippen LogP contribution in [0.4, 0.5) is 10.1 Å². The molecule has 0 aromatic heterocycles. The van der Waals surface area contributed by atoms with Gasteiger partial charge in [-0.15, -0.1) is 0 Å². The van der Waals surface area contributed by atoms with E-state index in [2.05, 4.69) is 15.3 Å². The predicted molar refractivity (Wildman–Crippen MR) is 70.9 cm³/mol. The molecule has 0 unspecified atom stereocenters. The molecule has 6 heteroatoms. The van der Waals surface area contributed by atoms with Gasteiger partial charge in [0.1, 0.15) is 5.82 Å². The number of nitrogens with zero attached hydrogens (tertiary/aromatic N) is 2. The van der Waals surface area contributed by atoms with E-state index < -0.39 is 0 Å². The molecule has 5 N–H and O–H groups in total. The predicted octanol–water partition coefficient (Wildman–Crippen LogP) is 1.28. The van der Waals surface area contributed by atoms with Gasteiger partial charge in [0.2, 0.25) is 11.9 Å². The average Bonchev–Trinajstić information content (AvgIpc) is 3.13. The summed E-state index contributed by atoms with van der Waals surface area (Å²) < 4.78 is 12.7. The maximum absolute atomic E-state index is 12.7. The second-order valence-electron chi connectivity index (χ2n) is 4.27. The Morgan fingerprint density at radius 1 is 1.28 bits per heavy atom. The second-order valence-corrected chi connectivity index (χ2v) is 4.27. The smallest absolute Gasteiger partial charge is 0.218 e. The highest BCUT2D eigenvalue weighted by atomic mass is 19.1. The molecular formula is C12H16FN5. The van der Waals surface area contributed by atoms with Gasteiger partial charge in [-0.1, -0.05) is 0 Å². The molecule has 1 saturated carbocycles. The summed E-state index contributed by atoms with van der Waals surface area (Å²) in [5, 5.41) is 2.80. The van der Waals surface area contributed by atoms with Gasteiger partial charge in [0.15, 0.2) is 0 Å². The van der Waals surface area contributed by atoms with Crippen LogP contribution in [0.25, 0.3) is 0 Å². The van der Waals surface area contributed by atoms with E-state index in [-0.39, 0.29) is 17.7 Å². The van der Waals surface area contributed by atoms with E-state index in [4.69, 9.17) is 11.5 Å². The van der Waals surface area contributed by atoms with E-state index in [9.17, 15) is 4.39 Å². The Morgan fingerprint density at radius 3 is 2.56 bits per heavy atom. The summed E-state index contributed by atoms with van der Waals surface area (Å²) in [6.45, 7) is 0.708. The van der Waals surface area contributed by atoms with Gasteiger partial charge < -0.3 is 16.8 Å². The highest BCUT2D eigenvalue weighted by Crippen LogP contribution is 2.28. The fourth-order valence-corrected chi connectivity index (χ4v) is 1.39. The lowest BCUT2D eigenvalue weighted by Crippen LogP contribution is -2.26. The van der Waals surface area contributed by atoms with E-state index in [0.717, 1.165) is 0 Å². The van der Waals surface area contributed by atoms with Gasteiger partial charge in [0.05, 0.1) is 0 Å². The Bertz CT molecular complexity index is 462. The van der Waals surface area contributed by atoms with Crippen molar-refractivity contribution in [1.29, 1.82) is 0 Å². The number of guanidine groups is 2. The topological polar surface area (TPSA) is 88.8 Å². The number of halogens is 1. The highest BCUT2D eigenvalue weighted by molar-refractivity contribution is 6.00. The van der Waals surface area contributed by atoms with Crippen LogP contribution < -0.4 is 16.8 Å². The third-order valence-corrected chi connectivity index (χ3v) is 2.56. The summed E-state index contributed by atoms with van der Waals surface area (Å²) in [5.74, 6) is 0.652. The van der Waals surface area contributed by atoms with Crippen molar-refractivity contribution in [2.45, 2.75) is 12.8 Å². The number of nitrogens with two attached hydrogens (primary N) is 2. The van der Waals surface area contributed by atoms with Crippen LogP contribution in [0.2, 0.25) is 0 Å². The van der Waals surface area contributed by atoms with Gasteiger partial charge >= 0.3 is 0 Å². The first-order valence-corrected chi connectivity index (χ1v) is 5.80. The van der Waals surface area contributed by atoms with Crippen molar-refractivity contribution in [3.63, 3.8) is 0 Å². The number of aliphatic imine (C=N–C) groups is 2. The molecule has 0 spiro atoms. The molecule has 0 amide bonds. The third kappa shape index (κ3) is 4.04. The van der Waals surface area contributed by atoms with Gasteiger partial charge in [-0.2, -0.15) is 4.99 Å². The molecular weight excluding hydrogens is 233 g/mol. The summed E-state index contributed by atoms with van der Waals surface area (Å²) in [7, 11) is 0. The molecule has 1 aromatic rings. The van der Waals surface area contributed by atoms with Crippen LogP contribution in [0.15, 0.2) is 34.3 Å². The summed E-state index contributed by atoms with van der Waals surface area (Å²) in [4.78, 5) is 8.02. The quantitative estimate of drug-likeness (QED) is 0.557. The maximum atomic E-state index is 12.7. The first-order chi connectivity index (χ1) is 8.63. The zero-order chi connectivity index (χ0) is 13.0. The Kier molecular flexibility index (Phi) is 3.76. The van der Waals surface area contributed by atoms with Crippen molar-refractivity contribution in [3.05, 3.63) is 30.1 Å². The number of anilines is 1. The number of rotatable bonds is 3. The minimum atomic E-state index is -0.304. The summed E-state index contributed by atoms with van der Waals surface area (Å²) in [6, 6.07) is 5.80. The fraction of sp³-hybridized carbons (Fsp3) is 0.333. The molecule has 2 rings (SSSR count). The van der Waals surface area contributed by atoms with Crippen molar-refractivity contribution >= 4 is 17.6 Å². The molecule has 1 aliphatic rings. The molecule has 18 heavy (non-hydrogen) atoms. The molecule has 1 fully saturated rings. The monoisotopic (exact) mass is 249 g/mol. The lowest BCUT2D eigenvalue weighted by Gasteiger charge is -2.04. The van der Waals surface area contributed by atoms with Crippen molar-refractivity contribution in [2.75, 3.05) is 11.9 Å². The Balaban J connectivity index is 1.90. The van der Waals surface area contributed by atoms with Crippen LogP contribution in [0.3, 0.4) is 0 Å². The molecule has 0 atom stereocenters. The van der Waals surface area contributed by atoms with Crippen molar-refractivity contribution in [2.24, 2.45) is 27.4 Å². The lowest BCUT2D eigenvalue weighted by atomic mass is 10.3. The molecule has 0 saturated heterocycles. The lowest BCUT2D eigenvalue weighted by molar-refractivity contribution is 0.628. The molecule has 5 nitrogen and oxygen atoms in total. The van der Waals surface area contributed by atoms with Crippen molar-refractivity contribution in [1.82, 2.24) is 0 Å². The van der Waals surface area contributed by atoms with Gasteiger partial charge in [0, 0.05) is 12.2 Å². The molecule has 1 aromatic carbocycles. The zero-order valence-corrected chi connectivity index (χ0v) is 9.94. The molecule has 0 bridgehead atoms. The first kappa shape index (κ1) is 12.3. The summed E-state index contributed by atoms with van der Waals surface area (Å²) >= 11 is 0. The number of hydrogen-bond donors (Lipinski definition) is 3. The van der Waals surface area contributed by atoms with Gasteiger partial charge in [-0.25, -0.2) is 4.39 Å². The van der Waals surface area contributed by atoms with E-state index in [1.807, 2.05) is 0 Å². The third-order valence-electron chi connectivity index (χ3n) is 2.56. The van der Waals surface area contributed by atoms with E-state index in [1.165, 1.54) is 25.0 Å². The first-order valence-electron chi connectivity index (χ1n) is 5.80. The van der Waals surface area contributed by atoms with Gasteiger partial charge in [-0.05, 0) is 43.0 Å². The normalized spacial score (nSPS) is 16.7. The molecule has 1 aliphatic carbocycles. The van der Waals surface area contributed by atoms with E-state index in [1.54, 1.807) is 12.1 Å². The SMILES string of the molecule is NC(=NCC1CC1)/N=C(/N)Nc1ccc(F)cc1. The number of nitrogens with one attached hydrogen (secondary N) is 1. The Morgan fingerprint density at radius 2 is 1.94 bits per heavy atom. The summed E-state index contributed by atoms with van der Waals surface area (Å²) in [6.07, 6.45) is 2.42. The molecule has 0 radical (unpaired) electrons. The number of benzene rings is 1. The van der Waals surface area contributed by atoms with E-state index >= 15 is 0 Å². The average molecular weight is 249 g/mol. The second kappa shape index (κ2) is 5.48. The van der Waals surface area contributed by atoms with Crippen LogP contribution in [0.5, 0.6) is 0 Å². The highest BCUT2D eigenvalue weighted by Gasteiger charge is 2.20. The minimum Gasteiger partial charge on any atom is -0.369 e. The van der Waals surface area contributed by atoms with Gasteiger partial charge in [0.25, 0.3) is 0 Å². The largest absolute Gasteiger partial charge is 0.369 e. The van der Waals surface area contributed by atoms with Crippen molar-refractivity contribution < 1.29 is 4.39 Å². The summed E-state index contributed by atoms with van der Waals surface area (Å²) in [5.41, 5.74) is 11.9. The number of hydrogen-bond acceptors (Lipinski definition) is 1. The van der Waals surface area contributed by atoms with E-state index in [0.29, 0.717) is 18.2 Å². The Labute approximate surface area is 105 Å². The van der Waals surface area contributed by atoms with Gasteiger partial charge in [-0.3, -0.25) is 4.99 Å². The Hall–Kier alpha value is -2.11. The van der Waals surface area contributed by atoms with Crippen LogP contribution >= 0.6 is 0 Å². The van der Waals surface area contributed by atoms with Crippen molar-refractivity contribution in [3.8, 4) is 0 Å². The molecule has 0 heterocycles. The zero-order valence-electron chi connectivity index (χ0n) is 9.94. The van der Waals surface area contributed by atoms with Crippen LogP contribution in [0, 0.1) is 11.7 Å². The standard InChI is InChI=1S/C12H16FN5/c13-9-3-5-10(6-4-9)17-12(15)18-11(14)16-7-8-1-2-8/h3-6,8H,1-2,7H2,(H5,14,15,16,17,18). The fourth-order valence-electron chi connectivity index (χ4n) is 1.39. The molecule has 96 valence electrons. The molecule has 0 aliphatic heterocycles. The van der Waals surface area contributed by atoms with Crippen LogP contribution in [-0.4, -0.2) is 18.5 Å². The minimum absolute atomic E-state index is 0.138. The van der Waals surface area contributed by atoms with Crippen LogP contribution in [-0.2, 0) is 0 Å². The maximum Gasteiger partial charge on any atom is 0.218 e. The van der Waals surface area contributed by atoms with Crippen LogP contribution in [0.1, 0.15) is 12.8 Å².